The predicted molar refractivity (Wildman–Crippen MR) is 87.4 cm³/mol. The first-order valence-electron chi connectivity index (χ1n) is 7.07. The molecule has 2 aromatic heterocycles. The number of aliphatic hydroxyl groups excluding tert-OH is 1. The standard InChI is InChI=1S/C17H16N4O2/c18-16(22)14-4-3-11-20-17(14)23-13-8-6-12(7-9-13)21-15-5-1-2-10-19-15/h1-11,16,22H,18H2,(H,19,21). The van der Waals surface area contributed by atoms with Crippen LogP contribution in [0.3, 0.4) is 0 Å². The van der Waals surface area contributed by atoms with Crippen molar-refractivity contribution in [3.63, 3.8) is 0 Å². The van der Waals surface area contributed by atoms with E-state index in [0.717, 1.165) is 11.5 Å². The average Bonchev–Trinajstić information content (AvgIpc) is 2.58. The average molecular weight is 308 g/mol. The lowest BCUT2D eigenvalue weighted by Gasteiger charge is -2.12. The Kier molecular flexibility index (Phi) is 4.46. The predicted octanol–water partition coefficient (Wildman–Crippen LogP) is 2.96. The number of benzene rings is 1. The second-order valence-electron chi connectivity index (χ2n) is 4.81. The van der Waals surface area contributed by atoms with E-state index in [0.29, 0.717) is 11.3 Å². The van der Waals surface area contributed by atoms with Crippen molar-refractivity contribution in [3.05, 3.63) is 72.6 Å². The van der Waals surface area contributed by atoms with E-state index in [4.69, 9.17) is 10.5 Å². The van der Waals surface area contributed by atoms with Crippen molar-refractivity contribution in [1.29, 1.82) is 0 Å². The molecule has 0 aliphatic carbocycles. The third-order valence-corrected chi connectivity index (χ3v) is 3.13. The van der Waals surface area contributed by atoms with Gasteiger partial charge in [0.2, 0.25) is 5.88 Å². The van der Waals surface area contributed by atoms with Crippen LogP contribution in [0.2, 0.25) is 0 Å². The fraction of sp³-hybridized carbons (Fsp3) is 0.0588. The topological polar surface area (TPSA) is 93.3 Å². The lowest BCUT2D eigenvalue weighted by atomic mass is 10.2. The van der Waals surface area contributed by atoms with E-state index in [2.05, 4.69) is 15.3 Å². The summed E-state index contributed by atoms with van der Waals surface area (Å²) in [5.74, 6) is 1.64. The molecule has 0 amide bonds. The van der Waals surface area contributed by atoms with Crippen LogP contribution in [0.15, 0.2) is 67.0 Å². The Labute approximate surface area is 133 Å². The summed E-state index contributed by atoms with van der Waals surface area (Å²) in [5, 5.41) is 12.7. The fourth-order valence-electron chi connectivity index (χ4n) is 2.02. The smallest absolute Gasteiger partial charge is 0.226 e. The van der Waals surface area contributed by atoms with E-state index < -0.39 is 6.23 Å². The summed E-state index contributed by atoms with van der Waals surface area (Å²) in [6.45, 7) is 0. The number of nitrogens with one attached hydrogen (secondary N) is 1. The summed E-state index contributed by atoms with van der Waals surface area (Å²) < 4.78 is 5.68. The highest BCUT2D eigenvalue weighted by atomic mass is 16.5. The van der Waals surface area contributed by atoms with Crippen LogP contribution < -0.4 is 15.8 Å². The third-order valence-electron chi connectivity index (χ3n) is 3.13. The van der Waals surface area contributed by atoms with E-state index in [1.165, 1.54) is 0 Å². The van der Waals surface area contributed by atoms with E-state index >= 15 is 0 Å². The van der Waals surface area contributed by atoms with Crippen LogP contribution in [-0.4, -0.2) is 15.1 Å². The van der Waals surface area contributed by atoms with Crippen LogP contribution >= 0.6 is 0 Å². The summed E-state index contributed by atoms with van der Waals surface area (Å²) in [6.07, 6.45) is 2.17. The van der Waals surface area contributed by atoms with Gasteiger partial charge in [-0.25, -0.2) is 9.97 Å². The molecule has 1 unspecified atom stereocenters. The molecule has 0 aliphatic rings. The van der Waals surface area contributed by atoms with Gasteiger partial charge in [-0.15, -0.1) is 0 Å². The molecule has 1 atom stereocenters. The van der Waals surface area contributed by atoms with E-state index in [1.807, 2.05) is 30.3 Å². The maximum absolute atomic E-state index is 9.53. The number of ether oxygens (including phenoxy) is 1. The molecule has 4 N–H and O–H groups in total. The number of anilines is 2. The van der Waals surface area contributed by atoms with Gasteiger partial charge in [0.25, 0.3) is 0 Å². The van der Waals surface area contributed by atoms with Crippen molar-refractivity contribution < 1.29 is 9.84 Å². The molecule has 0 radical (unpaired) electrons. The number of hydrogen-bond acceptors (Lipinski definition) is 6. The van der Waals surface area contributed by atoms with Crippen molar-refractivity contribution in [2.24, 2.45) is 5.73 Å². The number of nitrogens with two attached hydrogens (primary N) is 1. The van der Waals surface area contributed by atoms with Crippen molar-refractivity contribution in [2.45, 2.75) is 6.23 Å². The van der Waals surface area contributed by atoms with Gasteiger partial charge >= 0.3 is 0 Å². The molecule has 0 spiro atoms. The Morgan fingerprint density at radius 1 is 0.957 bits per heavy atom. The monoisotopic (exact) mass is 308 g/mol. The van der Waals surface area contributed by atoms with Gasteiger partial charge in [-0.3, -0.25) is 0 Å². The summed E-state index contributed by atoms with van der Waals surface area (Å²) in [4.78, 5) is 8.30. The molecule has 0 aliphatic heterocycles. The summed E-state index contributed by atoms with van der Waals surface area (Å²) in [7, 11) is 0. The van der Waals surface area contributed by atoms with E-state index in [9.17, 15) is 5.11 Å². The second kappa shape index (κ2) is 6.87. The van der Waals surface area contributed by atoms with Gasteiger partial charge in [-0.2, -0.15) is 0 Å². The number of aliphatic hydroxyl groups is 1. The zero-order chi connectivity index (χ0) is 16.1. The number of rotatable bonds is 5. The first-order chi connectivity index (χ1) is 11.2. The Bertz CT molecular complexity index is 761. The number of nitrogens with zero attached hydrogens (tertiary/aromatic N) is 2. The minimum Gasteiger partial charge on any atom is -0.439 e. The molecule has 3 rings (SSSR count). The van der Waals surface area contributed by atoms with Gasteiger partial charge in [0.1, 0.15) is 17.8 Å². The van der Waals surface area contributed by atoms with Crippen molar-refractivity contribution in [2.75, 3.05) is 5.32 Å². The number of aromatic nitrogens is 2. The van der Waals surface area contributed by atoms with Gasteiger partial charge in [0, 0.05) is 18.1 Å². The molecule has 0 saturated heterocycles. The highest BCUT2D eigenvalue weighted by Crippen LogP contribution is 2.27. The van der Waals surface area contributed by atoms with Gasteiger partial charge in [-0.1, -0.05) is 6.07 Å². The minimum absolute atomic E-state index is 0.285. The molecular weight excluding hydrogens is 292 g/mol. The molecule has 0 bridgehead atoms. The highest BCUT2D eigenvalue weighted by molar-refractivity contribution is 5.57. The maximum atomic E-state index is 9.53. The van der Waals surface area contributed by atoms with Gasteiger partial charge in [0.05, 0.1) is 5.56 Å². The fourth-order valence-corrected chi connectivity index (χ4v) is 2.02. The molecule has 3 aromatic rings. The minimum atomic E-state index is -1.14. The van der Waals surface area contributed by atoms with E-state index in [1.54, 1.807) is 36.7 Å². The summed E-state index contributed by atoms with van der Waals surface area (Å²) in [5.41, 5.74) is 6.82. The van der Waals surface area contributed by atoms with Crippen LogP contribution in [0.1, 0.15) is 11.8 Å². The van der Waals surface area contributed by atoms with E-state index in [-0.39, 0.29) is 5.88 Å². The third kappa shape index (κ3) is 3.82. The van der Waals surface area contributed by atoms with Crippen molar-refractivity contribution in [1.82, 2.24) is 9.97 Å². The SMILES string of the molecule is NC(O)c1cccnc1Oc1ccc(Nc2ccccn2)cc1. The number of pyridine rings is 2. The Balaban J connectivity index is 1.73. The van der Waals surface area contributed by atoms with Gasteiger partial charge in [-0.05, 0) is 48.5 Å². The Morgan fingerprint density at radius 3 is 2.43 bits per heavy atom. The van der Waals surface area contributed by atoms with Crippen molar-refractivity contribution in [3.8, 4) is 11.6 Å². The largest absolute Gasteiger partial charge is 0.439 e. The first kappa shape index (κ1) is 15.0. The second-order valence-corrected chi connectivity index (χ2v) is 4.81. The van der Waals surface area contributed by atoms with Crippen LogP contribution in [0.5, 0.6) is 11.6 Å². The molecular formula is C17H16N4O2. The lowest BCUT2D eigenvalue weighted by molar-refractivity contribution is 0.182. The molecule has 6 heteroatoms. The first-order valence-corrected chi connectivity index (χ1v) is 7.07. The molecule has 116 valence electrons. The quantitative estimate of drug-likeness (QED) is 0.627. The van der Waals surface area contributed by atoms with Crippen LogP contribution in [0.4, 0.5) is 11.5 Å². The molecule has 1 aromatic carbocycles. The van der Waals surface area contributed by atoms with Crippen LogP contribution in [-0.2, 0) is 0 Å². The summed E-state index contributed by atoms with van der Waals surface area (Å²) in [6, 6.07) is 16.3. The van der Waals surface area contributed by atoms with Gasteiger partial charge < -0.3 is 20.9 Å². The highest BCUT2D eigenvalue weighted by Gasteiger charge is 2.11. The molecule has 2 heterocycles. The van der Waals surface area contributed by atoms with Crippen LogP contribution in [0.25, 0.3) is 0 Å². The zero-order valence-electron chi connectivity index (χ0n) is 12.3. The van der Waals surface area contributed by atoms with Crippen LogP contribution in [0, 0.1) is 0 Å². The molecule has 23 heavy (non-hydrogen) atoms. The normalized spacial score (nSPS) is 11.7. The molecule has 6 nitrogen and oxygen atoms in total. The molecule has 0 saturated carbocycles. The Hall–Kier alpha value is -2.96. The van der Waals surface area contributed by atoms with Gasteiger partial charge in [0.15, 0.2) is 0 Å². The zero-order valence-corrected chi connectivity index (χ0v) is 12.3. The van der Waals surface area contributed by atoms with Crippen molar-refractivity contribution >= 4 is 11.5 Å². The summed E-state index contributed by atoms with van der Waals surface area (Å²) >= 11 is 0. The Morgan fingerprint density at radius 2 is 1.74 bits per heavy atom. The lowest BCUT2D eigenvalue weighted by Crippen LogP contribution is -2.10. The molecule has 0 fully saturated rings. The number of hydrogen-bond donors (Lipinski definition) is 3. The maximum Gasteiger partial charge on any atom is 0.226 e.